The van der Waals surface area contributed by atoms with Crippen molar-refractivity contribution in [3.8, 4) is 0 Å². The van der Waals surface area contributed by atoms with Crippen LogP contribution in [0.4, 0.5) is 11.4 Å². The highest BCUT2D eigenvalue weighted by Gasteiger charge is 2.23. The maximum absolute atomic E-state index is 5.73. The molecular weight excluding hydrogens is 198 g/mol. The molecule has 1 saturated heterocycles. The van der Waals surface area contributed by atoms with E-state index in [1.807, 2.05) is 0 Å². The fourth-order valence-corrected chi connectivity index (χ4v) is 2.35. The first-order valence-electron chi connectivity index (χ1n) is 5.93. The molecule has 2 N–H and O–H groups in total. The molecule has 0 radical (unpaired) electrons. The average molecular weight is 219 g/mol. The molecule has 0 aromatic heterocycles. The number of nitrogens with two attached hydrogens (primary N) is 1. The lowest BCUT2D eigenvalue weighted by molar-refractivity contribution is 0.602. The van der Waals surface area contributed by atoms with Gasteiger partial charge in [0.1, 0.15) is 0 Å². The Morgan fingerprint density at radius 2 is 2.12 bits per heavy atom. The van der Waals surface area contributed by atoms with E-state index < -0.39 is 0 Å². The van der Waals surface area contributed by atoms with E-state index in [2.05, 4.69) is 48.2 Å². The molecule has 0 saturated carbocycles. The number of para-hydroxylation sites is 2. The zero-order chi connectivity index (χ0) is 11.5. The van der Waals surface area contributed by atoms with Crippen molar-refractivity contribution in [2.45, 2.75) is 6.42 Å². The molecule has 1 heterocycles. The highest BCUT2D eigenvalue weighted by molar-refractivity contribution is 5.71. The summed E-state index contributed by atoms with van der Waals surface area (Å²) in [5, 5.41) is 0. The number of anilines is 2. The van der Waals surface area contributed by atoms with Crippen LogP contribution in [0.1, 0.15) is 6.42 Å². The lowest BCUT2D eigenvalue weighted by Crippen LogP contribution is -2.24. The van der Waals surface area contributed by atoms with E-state index in [0.29, 0.717) is 5.92 Å². The number of hydrogen-bond donors (Lipinski definition) is 1. The largest absolute Gasteiger partial charge is 0.376 e. The van der Waals surface area contributed by atoms with Gasteiger partial charge in [0.05, 0.1) is 11.4 Å². The molecule has 2 rings (SSSR count). The van der Waals surface area contributed by atoms with E-state index in [1.54, 1.807) is 0 Å². The third-order valence-electron chi connectivity index (χ3n) is 3.32. The van der Waals surface area contributed by atoms with E-state index in [-0.39, 0.29) is 0 Å². The summed E-state index contributed by atoms with van der Waals surface area (Å²) in [6.07, 6.45) is 1.22. The topological polar surface area (TPSA) is 32.5 Å². The van der Waals surface area contributed by atoms with E-state index in [9.17, 15) is 0 Å². The Morgan fingerprint density at radius 3 is 2.75 bits per heavy atom. The maximum Gasteiger partial charge on any atom is 0.0603 e. The van der Waals surface area contributed by atoms with Gasteiger partial charge in [0.15, 0.2) is 0 Å². The predicted octanol–water partition coefficient (Wildman–Crippen LogP) is 1.54. The minimum Gasteiger partial charge on any atom is -0.376 e. The average Bonchev–Trinajstić information content (AvgIpc) is 2.77. The first kappa shape index (κ1) is 11.3. The Kier molecular flexibility index (Phi) is 3.34. The van der Waals surface area contributed by atoms with E-state index in [0.717, 1.165) is 19.6 Å². The van der Waals surface area contributed by atoms with Crippen molar-refractivity contribution < 1.29 is 0 Å². The molecule has 0 bridgehead atoms. The Bertz CT molecular complexity index is 349. The smallest absolute Gasteiger partial charge is 0.0603 e. The maximum atomic E-state index is 5.73. The number of hydrogen-bond acceptors (Lipinski definition) is 3. The van der Waals surface area contributed by atoms with Crippen molar-refractivity contribution in [3.05, 3.63) is 24.3 Å². The Morgan fingerprint density at radius 1 is 1.38 bits per heavy atom. The summed E-state index contributed by atoms with van der Waals surface area (Å²) in [5.74, 6) is 0.662. The first-order valence-corrected chi connectivity index (χ1v) is 5.93. The van der Waals surface area contributed by atoms with E-state index in [1.165, 1.54) is 17.8 Å². The minimum atomic E-state index is 0.662. The lowest BCUT2D eigenvalue weighted by atomic mass is 10.1. The van der Waals surface area contributed by atoms with Crippen LogP contribution in [0.15, 0.2) is 24.3 Å². The molecule has 1 unspecified atom stereocenters. The summed E-state index contributed by atoms with van der Waals surface area (Å²) < 4.78 is 0. The van der Waals surface area contributed by atoms with Crippen LogP contribution in [-0.4, -0.2) is 33.7 Å². The molecule has 1 aliphatic rings. The summed E-state index contributed by atoms with van der Waals surface area (Å²) in [6, 6.07) is 8.58. The number of rotatable bonds is 3. The van der Waals surface area contributed by atoms with Crippen LogP contribution >= 0.6 is 0 Å². The molecular formula is C13H21N3. The number of nitrogens with zero attached hydrogens (tertiary/aromatic N) is 2. The van der Waals surface area contributed by atoms with Crippen molar-refractivity contribution in [3.63, 3.8) is 0 Å². The monoisotopic (exact) mass is 219 g/mol. The summed E-state index contributed by atoms with van der Waals surface area (Å²) in [4.78, 5) is 4.62. The Hall–Kier alpha value is -1.22. The standard InChI is InChI=1S/C13H21N3/c1-15(2)12-5-3-4-6-13(12)16-8-7-11(9-14)10-16/h3-6,11H,7-10,14H2,1-2H3. The third kappa shape index (κ3) is 2.14. The molecule has 88 valence electrons. The van der Waals surface area contributed by atoms with Crippen LogP contribution in [0.2, 0.25) is 0 Å². The first-order chi connectivity index (χ1) is 7.72. The van der Waals surface area contributed by atoms with Crippen molar-refractivity contribution in [1.29, 1.82) is 0 Å². The molecule has 16 heavy (non-hydrogen) atoms. The Labute approximate surface area is 97.8 Å². The van der Waals surface area contributed by atoms with Gasteiger partial charge in [-0.15, -0.1) is 0 Å². The van der Waals surface area contributed by atoms with Gasteiger partial charge in [-0.3, -0.25) is 0 Å². The molecule has 3 nitrogen and oxygen atoms in total. The molecule has 0 amide bonds. The van der Waals surface area contributed by atoms with E-state index in [4.69, 9.17) is 5.73 Å². The predicted molar refractivity (Wildman–Crippen MR) is 70.1 cm³/mol. The van der Waals surface area contributed by atoms with Gasteiger partial charge < -0.3 is 15.5 Å². The molecule has 0 spiro atoms. The van der Waals surface area contributed by atoms with Crippen molar-refractivity contribution in [1.82, 2.24) is 0 Å². The van der Waals surface area contributed by atoms with Gasteiger partial charge in [0.25, 0.3) is 0 Å². The summed E-state index contributed by atoms with van der Waals surface area (Å²) in [6.45, 7) is 3.04. The summed E-state index contributed by atoms with van der Waals surface area (Å²) in [7, 11) is 4.19. The van der Waals surface area contributed by atoms with Gasteiger partial charge in [-0.2, -0.15) is 0 Å². The molecule has 3 heteroatoms. The lowest BCUT2D eigenvalue weighted by Gasteiger charge is -2.25. The van der Waals surface area contributed by atoms with Gasteiger partial charge in [-0.05, 0) is 31.0 Å². The minimum absolute atomic E-state index is 0.662. The molecule has 1 atom stereocenters. The highest BCUT2D eigenvalue weighted by Crippen LogP contribution is 2.31. The fraction of sp³-hybridized carbons (Fsp3) is 0.538. The van der Waals surface area contributed by atoms with E-state index >= 15 is 0 Å². The van der Waals surface area contributed by atoms with Gasteiger partial charge in [-0.1, -0.05) is 12.1 Å². The zero-order valence-corrected chi connectivity index (χ0v) is 10.2. The zero-order valence-electron chi connectivity index (χ0n) is 10.2. The third-order valence-corrected chi connectivity index (χ3v) is 3.32. The molecule has 0 aliphatic carbocycles. The van der Waals surface area contributed by atoms with Crippen molar-refractivity contribution in [2.75, 3.05) is 43.5 Å². The normalized spacial score (nSPS) is 20.2. The Balaban J connectivity index is 2.20. The molecule has 1 aromatic carbocycles. The van der Waals surface area contributed by atoms with Crippen LogP contribution in [0, 0.1) is 5.92 Å². The van der Waals surface area contributed by atoms with Crippen LogP contribution in [0.3, 0.4) is 0 Å². The van der Waals surface area contributed by atoms with Gasteiger partial charge >= 0.3 is 0 Å². The molecule has 1 fully saturated rings. The molecule has 1 aliphatic heterocycles. The van der Waals surface area contributed by atoms with Crippen LogP contribution in [-0.2, 0) is 0 Å². The number of benzene rings is 1. The fourth-order valence-electron chi connectivity index (χ4n) is 2.35. The second kappa shape index (κ2) is 4.74. The highest BCUT2D eigenvalue weighted by atomic mass is 15.2. The second-order valence-corrected chi connectivity index (χ2v) is 4.72. The SMILES string of the molecule is CN(C)c1ccccc1N1CCC(CN)C1. The van der Waals surface area contributed by atoms with Crippen LogP contribution in [0.5, 0.6) is 0 Å². The van der Waals surface area contributed by atoms with Crippen molar-refractivity contribution >= 4 is 11.4 Å². The van der Waals surface area contributed by atoms with Crippen LogP contribution < -0.4 is 15.5 Å². The summed E-state index contributed by atoms with van der Waals surface area (Å²) in [5.41, 5.74) is 8.36. The summed E-state index contributed by atoms with van der Waals surface area (Å²) >= 11 is 0. The van der Waals surface area contributed by atoms with Gasteiger partial charge in [0.2, 0.25) is 0 Å². The molecule has 1 aromatic rings. The van der Waals surface area contributed by atoms with Gasteiger partial charge in [0, 0.05) is 27.2 Å². The van der Waals surface area contributed by atoms with Crippen molar-refractivity contribution in [2.24, 2.45) is 11.7 Å². The quantitative estimate of drug-likeness (QED) is 0.837. The van der Waals surface area contributed by atoms with Gasteiger partial charge in [-0.25, -0.2) is 0 Å². The van der Waals surface area contributed by atoms with Crippen LogP contribution in [0.25, 0.3) is 0 Å². The second-order valence-electron chi connectivity index (χ2n) is 4.72.